The first kappa shape index (κ1) is 42.6. The Morgan fingerprint density at radius 2 is 0.870 bits per heavy atom. The molecule has 0 N–H and O–H groups in total. The van der Waals surface area contributed by atoms with E-state index in [1.165, 1.54) is 51.1 Å². The first-order valence-electron chi connectivity index (χ1n) is 25.7. The second-order valence-corrected chi connectivity index (χ2v) is 21.9. The molecule has 6 heterocycles. The van der Waals surface area contributed by atoms with Crippen molar-refractivity contribution in [3.63, 3.8) is 0 Å². The zero-order chi connectivity index (χ0) is 50.3. The lowest BCUT2D eigenvalue weighted by Gasteiger charge is -2.13. The third kappa shape index (κ3) is 6.43. The number of furan rings is 2. The Hall–Kier alpha value is -9.73. The van der Waals surface area contributed by atoms with Crippen LogP contribution < -0.4 is 0 Å². The zero-order valence-corrected chi connectivity index (χ0v) is 42.5. The summed E-state index contributed by atoms with van der Waals surface area (Å²) < 4.78 is 21.0. The van der Waals surface area contributed by atoms with Crippen LogP contribution in [-0.4, -0.2) is 19.5 Å². The Kier molecular flexibility index (Phi) is 9.07. The number of hydrogen-bond acceptors (Lipinski definition) is 7. The summed E-state index contributed by atoms with van der Waals surface area (Å²) in [5.41, 5.74) is 13.6. The lowest BCUT2D eigenvalue weighted by molar-refractivity contribution is 0.669. The Morgan fingerprint density at radius 3 is 1.62 bits per heavy atom. The Bertz CT molecular complexity index is 5180. The van der Waals surface area contributed by atoms with E-state index < -0.39 is 0 Å². The van der Waals surface area contributed by atoms with Crippen LogP contribution in [0.15, 0.2) is 239 Å². The molecule has 0 spiro atoms. The summed E-state index contributed by atoms with van der Waals surface area (Å²) in [5.74, 6) is 1.80. The van der Waals surface area contributed by atoms with E-state index in [0.29, 0.717) is 17.5 Å². The van der Waals surface area contributed by atoms with Gasteiger partial charge in [0, 0.05) is 106 Å². The molecule has 6 nitrogen and oxygen atoms in total. The third-order valence-electron chi connectivity index (χ3n) is 15.5. The molecule has 0 saturated carbocycles. The zero-order valence-electron chi connectivity index (χ0n) is 40.9. The van der Waals surface area contributed by atoms with E-state index in [0.717, 1.165) is 99.5 Å². The van der Waals surface area contributed by atoms with Gasteiger partial charge in [0.2, 0.25) is 0 Å². The molecular weight excluding hydrogens is 981 g/mol. The number of benzene rings is 11. The monoisotopic (exact) mass is 1020 g/mol. The first-order valence-corrected chi connectivity index (χ1v) is 27.4. The summed E-state index contributed by atoms with van der Waals surface area (Å²) in [5, 5.41) is 11.4. The van der Waals surface area contributed by atoms with E-state index in [4.69, 9.17) is 23.8 Å². The number of fused-ring (bicyclic) bond motifs is 15. The van der Waals surface area contributed by atoms with Crippen molar-refractivity contribution in [1.82, 2.24) is 19.5 Å². The van der Waals surface area contributed by atoms with Gasteiger partial charge in [0.15, 0.2) is 17.5 Å². The maximum absolute atomic E-state index is 7.01. The second kappa shape index (κ2) is 16.4. The fraction of sp³-hybridized carbons (Fsp3) is 0. The van der Waals surface area contributed by atoms with Gasteiger partial charge in [-0.05, 0) is 83.9 Å². The van der Waals surface area contributed by atoms with Gasteiger partial charge in [-0.2, -0.15) is 0 Å². The molecule has 358 valence electrons. The van der Waals surface area contributed by atoms with Gasteiger partial charge in [0.05, 0.1) is 11.0 Å². The predicted molar refractivity (Wildman–Crippen MR) is 322 cm³/mol. The van der Waals surface area contributed by atoms with Crippen LogP contribution in [0.3, 0.4) is 0 Å². The van der Waals surface area contributed by atoms with Crippen molar-refractivity contribution >= 4 is 129 Å². The fourth-order valence-corrected chi connectivity index (χ4v) is 14.3. The summed E-state index contributed by atoms with van der Waals surface area (Å²) in [4.78, 5) is 16.0. The second-order valence-electron chi connectivity index (χ2n) is 19.8. The highest BCUT2D eigenvalue weighted by Gasteiger charge is 2.24. The van der Waals surface area contributed by atoms with Crippen molar-refractivity contribution in [3.05, 3.63) is 231 Å². The van der Waals surface area contributed by atoms with Gasteiger partial charge in [-0.15, -0.1) is 22.7 Å². The van der Waals surface area contributed by atoms with Crippen LogP contribution in [0.1, 0.15) is 0 Å². The number of nitrogens with zero attached hydrogens (tertiary/aromatic N) is 4. The highest BCUT2D eigenvalue weighted by molar-refractivity contribution is 7.26. The lowest BCUT2D eigenvalue weighted by atomic mass is 9.93. The minimum Gasteiger partial charge on any atom is -0.456 e. The summed E-state index contributed by atoms with van der Waals surface area (Å²) in [6.07, 6.45) is 0. The van der Waals surface area contributed by atoms with Crippen molar-refractivity contribution in [2.24, 2.45) is 0 Å². The molecular formula is C69H38N4O2S2. The first-order chi connectivity index (χ1) is 38.1. The number of rotatable bonds is 6. The van der Waals surface area contributed by atoms with Gasteiger partial charge in [-0.1, -0.05) is 158 Å². The molecule has 8 heteroatoms. The molecule has 6 aromatic heterocycles. The normalized spacial score (nSPS) is 12.2. The largest absolute Gasteiger partial charge is 0.456 e. The van der Waals surface area contributed by atoms with Crippen LogP contribution in [0.2, 0.25) is 0 Å². The summed E-state index contributed by atoms with van der Waals surface area (Å²) in [6, 6.07) is 81.9. The van der Waals surface area contributed by atoms with Gasteiger partial charge in [0.25, 0.3) is 0 Å². The van der Waals surface area contributed by atoms with Crippen molar-refractivity contribution < 1.29 is 8.83 Å². The molecule has 0 fully saturated rings. The smallest absolute Gasteiger partial charge is 0.164 e. The lowest BCUT2D eigenvalue weighted by Crippen LogP contribution is -2.00. The molecule has 0 atom stereocenters. The van der Waals surface area contributed by atoms with Crippen LogP contribution in [-0.2, 0) is 0 Å². The number of aromatic nitrogens is 4. The SMILES string of the molecule is c1ccc(-n2c3ccccc3c3cccc(-c4ccc(-c5ccc6oc7cccc(-c8nc(-c9ccc%10c(c9)sc9ccccc9%10)nc(-c9ccc%10c(c9)sc9ccccc9%10)n8)c7c6c5)c5c4oc4ccccc45)c32)cc1. The van der Waals surface area contributed by atoms with Crippen molar-refractivity contribution in [1.29, 1.82) is 0 Å². The topological polar surface area (TPSA) is 69.9 Å². The van der Waals surface area contributed by atoms with Crippen LogP contribution in [0, 0.1) is 0 Å². The molecule has 11 aromatic carbocycles. The molecule has 0 amide bonds. The maximum Gasteiger partial charge on any atom is 0.164 e. The molecule has 77 heavy (non-hydrogen) atoms. The Balaban J connectivity index is 0.866. The molecule has 17 aromatic rings. The maximum atomic E-state index is 7.01. The average Bonchev–Trinajstić information content (AvgIpc) is 4.34. The van der Waals surface area contributed by atoms with Crippen LogP contribution in [0.5, 0.6) is 0 Å². The van der Waals surface area contributed by atoms with Gasteiger partial charge >= 0.3 is 0 Å². The summed E-state index contributed by atoms with van der Waals surface area (Å²) in [7, 11) is 0. The van der Waals surface area contributed by atoms with Crippen LogP contribution >= 0.6 is 22.7 Å². The van der Waals surface area contributed by atoms with Crippen molar-refractivity contribution in [2.75, 3.05) is 0 Å². The fourth-order valence-electron chi connectivity index (χ4n) is 12.0. The van der Waals surface area contributed by atoms with Gasteiger partial charge in [-0.3, -0.25) is 0 Å². The van der Waals surface area contributed by atoms with E-state index in [9.17, 15) is 0 Å². The van der Waals surface area contributed by atoms with E-state index >= 15 is 0 Å². The highest BCUT2D eigenvalue weighted by Crippen LogP contribution is 2.47. The van der Waals surface area contributed by atoms with Gasteiger partial charge in [0.1, 0.15) is 22.3 Å². The average molecular weight is 1020 g/mol. The third-order valence-corrected chi connectivity index (χ3v) is 17.7. The van der Waals surface area contributed by atoms with Crippen molar-refractivity contribution in [3.8, 4) is 62.1 Å². The molecule has 0 saturated heterocycles. The molecule has 17 rings (SSSR count). The standard InChI is InChI=1S/C69H38N4O2S2/c1-2-14-42(15-3-1)73-55-23-8-4-16-44(55)49-20-12-21-50(65(49)73)51-34-33-43(64-52-19-5-9-24-56(52)75-66(51)64)39-30-35-57-54(36-39)63-53(22-13-25-58(63)74-57)69-71-67(40-28-31-47-45-17-6-10-26-59(45)76-61(47)37-40)70-68(72-69)41-29-32-48-46-18-7-11-27-60(46)77-62(48)38-41/h1-38H. The minimum absolute atomic E-state index is 0.575. The Labute approximate surface area is 447 Å². The molecule has 0 aliphatic heterocycles. The van der Waals surface area contributed by atoms with E-state index in [1.54, 1.807) is 22.7 Å². The predicted octanol–water partition coefficient (Wildman–Crippen LogP) is 19.8. The van der Waals surface area contributed by atoms with E-state index in [-0.39, 0.29) is 0 Å². The molecule has 0 aliphatic carbocycles. The highest BCUT2D eigenvalue weighted by atomic mass is 32.1. The molecule has 0 aliphatic rings. The molecule has 0 unspecified atom stereocenters. The summed E-state index contributed by atoms with van der Waals surface area (Å²) >= 11 is 3.58. The van der Waals surface area contributed by atoms with Crippen molar-refractivity contribution in [2.45, 2.75) is 0 Å². The number of thiophene rings is 2. The van der Waals surface area contributed by atoms with Gasteiger partial charge < -0.3 is 13.4 Å². The number of hydrogen-bond donors (Lipinski definition) is 0. The Morgan fingerprint density at radius 1 is 0.312 bits per heavy atom. The van der Waals surface area contributed by atoms with Crippen LogP contribution in [0.25, 0.3) is 168 Å². The number of para-hydroxylation sites is 4. The quantitative estimate of drug-likeness (QED) is 0.166. The molecule has 0 radical (unpaired) electrons. The van der Waals surface area contributed by atoms with E-state index in [2.05, 4.69) is 217 Å². The summed E-state index contributed by atoms with van der Waals surface area (Å²) in [6.45, 7) is 0. The molecule has 0 bridgehead atoms. The van der Waals surface area contributed by atoms with Gasteiger partial charge in [-0.25, -0.2) is 15.0 Å². The van der Waals surface area contributed by atoms with E-state index in [1.807, 2.05) is 18.2 Å². The minimum atomic E-state index is 0.575. The van der Waals surface area contributed by atoms with Crippen LogP contribution in [0.4, 0.5) is 0 Å².